The number of benzene rings is 2. The summed E-state index contributed by atoms with van der Waals surface area (Å²) in [6, 6.07) is 10.4. The quantitative estimate of drug-likeness (QED) is 0.536. The molecule has 0 saturated heterocycles. The van der Waals surface area contributed by atoms with E-state index in [1.807, 2.05) is 0 Å². The largest absolute Gasteiger partial charge is 0.423 e. The first-order valence-electron chi connectivity index (χ1n) is 7.57. The fourth-order valence-corrected chi connectivity index (χ4v) is 4.37. The van der Waals surface area contributed by atoms with Crippen molar-refractivity contribution in [3.05, 3.63) is 58.1 Å². The summed E-state index contributed by atoms with van der Waals surface area (Å²) in [5.74, 6) is -0.435. The Kier molecular flexibility index (Phi) is 6.46. The lowest BCUT2D eigenvalue weighted by molar-refractivity contribution is 0.0734. The van der Waals surface area contributed by atoms with Crippen LogP contribution in [0, 0.1) is 0 Å². The smallest absolute Gasteiger partial charge is 0.343 e. The molecule has 0 atom stereocenters. The minimum absolute atomic E-state index is 0.0474. The van der Waals surface area contributed by atoms with Crippen LogP contribution in [0.1, 0.15) is 24.2 Å². The summed E-state index contributed by atoms with van der Waals surface area (Å²) >= 11 is 11.9. The zero-order chi connectivity index (χ0) is 18.6. The molecular weight excluding hydrogens is 385 g/mol. The van der Waals surface area contributed by atoms with E-state index in [4.69, 9.17) is 27.9 Å². The van der Waals surface area contributed by atoms with Gasteiger partial charge in [-0.05, 0) is 36.4 Å². The minimum Gasteiger partial charge on any atom is -0.423 e. The number of rotatable bonds is 6. The Bertz CT molecular complexity index is 880. The summed E-state index contributed by atoms with van der Waals surface area (Å²) in [6.07, 6.45) is 0. The molecule has 2 rings (SSSR count). The van der Waals surface area contributed by atoms with Crippen LogP contribution in [-0.4, -0.2) is 31.8 Å². The van der Waals surface area contributed by atoms with Crippen LogP contribution in [0.25, 0.3) is 0 Å². The second-order valence-electron chi connectivity index (χ2n) is 5.08. The summed E-state index contributed by atoms with van der Waals surface area (Å²) in [5, 5.41) is 0.470. The van der Waals surface area contributed by atoms with Gasteiger partial charge in [-0.15, -0.1) is 0 Å². The van der Waals surface area contributed by atoms with Crippen LogP contribution in [0.2, 0.25) is 10.0 Å². The van der Waals surface area contributed by atoms with Crippen molar-refractivity contribution in [1.29, 1.82) is 0 Å². The first kappa shape index (κ1) is 19.7. The van der Waals surface area contributed by atoms with Gasteiger partial charge in [0.15, 0.2) is 0 Å². The summed E-state index contributed by atoms with van der Waals surface area (Å²) in [5.41, 5.74) is 0.0788. The molecule has 2 aromatic carbocycles. The molecule has 0 spiro atoms. The van der Waals surface area contributed by atoms with Gasteiger partial charge in [0.05, 0.1) is 10.6 Å². The fraction of sp³-hybridized carbons (Fsp3) is 0.235. The maximum atomic E-state index is 12.7. The molecule has 0 amide bonds. The van der Waals surface area contributed by atoms with Crippen molar-refractivity contribution in [3.8, 4) is 5.75 Å². The lowest BCUT2D eigenvalue weighted by atomic mass is 10.2. The molecule has 8 heteroatoms. The number of hydrogen-bond donors (Lipinski definition) is 0. The molecule has 0 N–H and O–H groups in total. The fourth-order valence-electron chi connectivity index (χ4n) is 2.23. The van der Waals surface area contributed by atoms with Gasteiger partial charge in [-0.3, -0.25) is 0 Å². The van der Waals surface area contributed by atoms with Crippen molar-refractivity contribution < 1.29 is 17.9 Å². The molecule has 0 fully saturated rings. The Morgan fingerprint density at radius 3 is 2.36 bits per heavy atom. The first-order chi connectivity index (χ1) is 11.8. The SMILES string of the molecule is CCN(CC)S(=O)(=O)c1cc(C(=O)Oc2cccc(Cl)c2)ccc1Cl. The van der Waals surface area contributed by atoms with E-state index in [-0.39, 0.29) is 21.2 Å². The molecule has 0 aromatic heterocycles. The Morgan fingerprint density at radius 2 is 1.76 bits per heavy atom. The second kappa shape index (κ2) is 8.19. The molecule has 0 aliphatic rings. The van der Waals surface area contributed by atoms with Crippen LogP contribution in [0.4, 0.5) is 0 Å². The highest BCUT2D eigenvalue weighted by Gasteiger charge is 2.26. The van der Waals surface area contributed by atoms with E-state index in [0.29, 0.717) is 18.1 Å². The normalized spacial score (nSPS) is 11.6. The van der Waals surface area contributed by atoms with Crippen molar-refractivity contribution >= 4 is 39.2 Å². The molecule has 25 heavy (non-hydrogen) atoms. The van der Waals surface area contributed by atoms with E-state index >= 15 is 0 Å². The van der Waals surface area contributed by atoms with Crippen LogP contribution in [0.3, 0.4) is 0 Å². The predicted octanol–water partition coefficient (Wildman–Crippen LogP) is 4.24. The molecule has 0 radical (unpaired) electrons. The highest BCUT2D eigenvalue weighted by Crippen LogP contribution is 2.27. The van der Waals surface area contributed by atoms with E-state index in [0.717, 1.165) is 0 Å². The van der Waals surface area contributed by atoms with E-state index in [1.54, 1.807) is 32.0 Å². The Hall–Kier alpha value is -1.60. The van der Waals surface area contributed by atoms with E-state index in [1.165, 1.54) is 28.6 Å². The van der Waals surface area contributed by atoms with Gasteiger partial charge in [0, 0.05) is 18.1 Å². The maximum Gasteiger partial charge on any atom is 0.343 e. The highest BCUT2D eigenvalue weighted by atomic mass is 35.5. The Balaban J connectivity index is 2.37. The third-order valence-corrected chi connectivity index (χ3v) is 6.26. The topological polar surface area (TPSA) is 63.7 Å². The lowest BCUT2D eigenvalue weighted by Gasteiger charge is -2.19. The third kappa shape index (κ3) is 4.52. The zero-order valence-electron chi connectivity index (χ0n) is 13.7. The molecule has 0 aliphatic carbocycles. The molecule has 0 heterocycles. The number of ether oxygens (including phenoxy) is 1. The molecule has 0 unspecified atom stereocenters. The Labute approximate surface area is 157 Å². The molecule has 5 nitrogen and oxygen atoms in total. The van der Waals surface area contributed by atoms with Gasteiger partial charge in [0.25, 0.3) is 0 Å². The van der Waals surface area contributed by atoms with E-state index < -0.39 is 16.0 Å². The number of carbonyl (C=O) groups excluding carboxylic acids is 1. The average molecular weight is 402 g/mol. The summed E-state index contributed by atoms with van der Waals surface area (Å²) in [7, 11) is -3.79. The Morgan fingerprint density at radius 1 is 1.08 bits per heavy atom. The molecule has 0 saturated carbocycles. The van der Waals surface area contributed by atoms with Crippen LogP contribution in [-0.2, 0) is 10.0 Å². The maximum absolute atomic E-state index is 12.7. The lowest BCUT2D eigenvalue weighted by Crippen LogP contribution is -2.31. The van der Waals surface area contributed by atoms with Crippen molar-refractivity contribution in [2.24, 2.45) is 0 Å². The van der Waals surface area contributed by atoms with Gasteiger partial charge < -0.3 is 4.74 Å². The number of sulfonamides is 1. The molecule has 134 valence electrons. The highest BCUT2D eigenvalue weighted by molar-refractivity contribution is 7.89. The van der Waals surface area contributed by atoms with Crippen LogP contribution in [0.15, 0.2) is 47.4 Å². The van der Waals surface area contributed by atoms with Gasteiger partial charge in [-0.25, -0.2) is 13.2 Å². The molecule has 0 aliphatic heterocycles. The molecule has 0 bridgehead atoms. The monoisotopic (exact) mass is 401 g/mol. The zero-order valence-corrected chi connectivity index (χ0v) is 16.0. The van der Waals surface area contributed by atoms with Gasteiger partial charge in [0.2, 0.25) is 10.0 Å². The third-order valence-electron chi connectivity index (χ3n) is 3.50. The minimum atomic E-state index is -3.79. The van der Waals surface area contributed by atoms with Gasteiger partial charge in [-0.1, -0.05) is 43.1 Å². The predicted molar refractivity (Wildman–Crippen MR) is 98.0 cm³/mol. The summed E-state index contributed by atoms with van der Waals surface area (Å²) in [6.45, 7) is 4.05. The van der Waals surface area contributed by atoms with E-state index in [2.05, 4.69) is 0 Å². The van der Waals surface area contributed by atoms with Crippen molar-refractivity contribution in [2.45, 2.75) is 18.7 Å². The van der Waals surface area contributed by atoms with Gasteiger partial charge in [0.1, 0.15) is 10.6 Å². The molecule has 2 aromatic rings. The summed E-state index contributed by atoms with van der Waals surface area (Å²) in [4.78, 5) is 12.2. The standard InChI is InChI=1S/C17H17Cl2NO4S/c1-3-20(4-2)25(22,23)16-10-12(8-9-15(16)19)17(21)24-14-7-5-6-13(18)11-14/h5-11H,3-4H2,1-2H3. The number of esters is 1. The van der Waals surface area contributed by atoms with Crippen LogP contribution >= 0.6 is 23.2 Å². The van der Waals surface area contributed by atoms with Gasteiger partial charge in [-0.2, -0.15) is 4.31 Å². The van der Waals surface area contributed by atoms with E-state index in [9.17, 15) is 13.2 Å². The first-order valence-corrected chi connectivity index (χ1v) is 9.76. The number of nitrogens with zero attached hydrogens (tertiary/aromatic N) is 1. The second-order valence-corrected chi connectivity index (χ2v) is 7.83. The number of halogens is 2. The number of carbonyl (C=O) groups is 1. The van der Waals surface area contributed by atoms with Crippen molar-refractivity contribution in [1.82, 2.24) is 4.31 Å². The van der Waals surface area contributed by atoms with Crippen molar-refractivity contribution in [3.63, 3.8) is 0 Å². The average Bonchev–Trinajstić information content (AvgIpc) is 2.55. The molecular formula is C17H17Cl2NO4S. The van der Waals surface area contributed by atoms with Crippen molar-refractivity contribution in [2.75, 3.05) is 13.1 Å². The van der Waals surface area contributed by atoms with Crippen LogP contribution in [0.5, 0.6) is 5.75 Å². The van der Waals surface area contributed by atoms with Crippen LogP contribution < -0.4 is 4.74 Å². The summed E-state index contributed by atoms with van der Waals surface area (Å²) < 4.78 is 31.8. The number of hydrogen-bond acceptors (Lipinski definition) is 4. The van der Waals surface area contributed by atoms with Gasteiger partial charge >= 0.3 is 5.97 Å².